The summed E-state index contributed by atoms with van der Waals surface area (Å²) in [4.78, 5) is 0. The minimum Gasteiger partial charge on any atom is -0.490 e. The Morgan fingerprint density at radius 1 is 1.35 bits per heavy atom. The van der Waals surface area contributed by atoms with Crippen molar-refractivity contribution < 1.29 is 19.3 Å². The number of hydrogen-bond donors (Lipinski definition) is 1. The van der Waals surface area contributed by atoms with Crippen LogP contribution in [0.1, 0.15) is 37.9 Å². The van der Waals surface area contributed by atoms with E-state index < -0.39 is 6.10 Å². The third kappa shape index (κ3) is 2.82. The lowest BCUT2D eigenvalue weighted by Gasteiger charge is -2.37. The van der Waals surface area contributed by atoms with Crippen LogP contribution < -0.4 is 4.74 Å². The summed E-state index contributed by atoms with van der Waals surface area (Å²) < 4.78 is 17.5. The number of rotatable bonds is 3. The summed E-state index contributed by atoms with van der Waals surface area (Å²) in [5, 5.41) is 9.81. The van der Waals surface area contributed by atoms with Crippen molar-refractivity contribution in [3.63, 3.8) is 0 Å². The number of para-hydroxylation sites is 1. The molecular weight excluding hydrogens is 256 g/mol. The Kier molecular flexibility index (Phi) is 3.96. The predicted octanol–water partition coefficient (Wildman–Crippen LogP) is 2.46. The van der Waals surface area contributed by atoms with Crippen molar-refractivity contribution in [2.75, 3.05) is 19.8 Å². The van der Waals surface area contributed by atoms with E-state index in [0.717, 1.165) is 37.2 Å². The van der Waals surface area contributed by atoms with Crippen LogP contribution in [0.5, 0.6) is 5.75 Å². The maximum absolute atomic E-state index is 9.81. The molecule has 2 aliphatic rings. The van der Waals surface area contributed by atoms with Gasteiger partial charge in [-0.1, -0.05) is 18.2 Å². The Morgan fingerprint density at radius 3 is 2.95 bits per heavy atom. The van der Waals surface area contributed by atoms with Gasteiger partial charge in [-0.25, -0.2) is 0 Å². The summed E-state index contributed by atoms with van der Waals surface area (Å²) >= 11 is 0. The molecule has 0 bridgehead atoms. The van der Waals surface area contributed by atoms with Crippen LogP contribution in [0.2, 0.25) is 0 Å². The molecule has 4 heteroatoms. The molecule has 2 saturated heterocycles. The molecule has 110 valence electrons. The monoisotopic (exact) mass is 278 g/mol. The fourth-order valence-electron chi connectivity index (χ4n) is 3.06. The minimum atomic E-state index is -0.519. The Labute approximate surface area is 119 Å². The SMILES string of the molecule is C[C@@H](O)c1ccccc1OC1CCOC2(CCOC2)C1. The Bertz CT molecular complexity index is 452. The van der Waals surface area contributed by atoms with Gasteiger partial charge in [-0.15, -0.1) is 0 Å². The number of ether oxygens (including phenoxy) is 3. The van der Waals surface area contributed by atoms with E-state index in [1.807, 2.05) is 24.3 Å². The highest BCUT2D eigenvalue weighted by atomic mass is 16.6. The van der Waals surface area contributed by atoms with Gasteiger partial charge in [-0.05, 0) is 13.0 Å². The Morgan fingerprint density at radius 2 is 2.20 bits per heavy atom. The van der Waals surface area contributed by atoms with Crippen LogP contribution in [-0.4, -0.2) is 36.6 Å². The summed E-state index contributed by atoms with van der Waals surface area (Å²) in [7, 11) is 0. The summed E-state index contributed by atoms with van der Waals surface area (Å²) in [5.41, 5.74) is 0.693. The number of aliphatic hydroxyl groups excluding tert-OH is 1. The van der Waals surface area contributed by atoms with E-state index >= 15 is 0 Å². The first kappa shape index (κ1) is 13.9. The lowest BCUT2D eigenvalue weighted by atomic mass is 9.91. The van der Waals surface area contributed by atoms with Gasteiger partial charge >= 0.3 is 0 Å². The Balaban J connectivity index is 1.71. The molecule has 0 radical (unpaired) electrons. The maximum Gasteiger partial charge on any atom is 0.125 e. The first-order valence-electron chi connectivity index (χ1n) is 7.34. The van der Waals surface area contributed by atoms with Crippen molar-refractivity contribution in [2.45, 2.75) is 44.0 Å². The molecule has 0 aromatic heterocycles. The van der Waals surface area contributed by atoms with Crippen molar-refractivity contribution in [3.8, 4) is 5.75 Å². The lowest BCUT2D eigenvalue weighted by molar-refractivity contribution is -0.112. The zero-order valence-electron chi connectivity index (χ0n) is 11.9. The average Bonchev–Trinajstić information content (AvgIpc) is 2.87. The molecule has 2 heterocycles. The smallest absolute Gasteiger partial charge is 0.125 e. The van der Waals surface area contributed by atoms with Crippen molar-refractivity contribution in [3.05, 3.63) is 29.8 Å². The van der Waals surface area contributed by atoms with E-state index in [2.05, 4.69) is 0 Å². The van der Waals surface area contributed by atoms with Crippen molar-refractivity contribution in [1.29, 1.82) is 0 Å². The molecule has 1 aromatic carbocycles. The molecule has 4 nitrogen and oxygen atoms in total. The molecule has 0 amide bonds. The number of aliphatic hydroxyl groups is 1. The average molecular weight is 278 g/mol. The van der Waals surface area contributed by atoms with Crippen molar-refractivity contribution >= 4 is 0 Å². The summed E-state index contributed by atoms with van der Waals surface area (Å²) in [6, 6.07) is 7.70. The quantitative estimate of drug-likeness (QED) is 0.922. The second kappa shape index (κ2) is 5.72. The molecule has 2 fully saturated rings. The zero-order chi connectivity index (χ0) is 14.0. The molecule has 2 unspecified atom stereocenters. The summed E-state index contributed by atoms with van der Waals surface area (Å²) in [6.07, 6.45) is 2.31. The van der Waals surface area contributed by atoms with Gasteiger partial charge in [-0.2, -0.15) is 0 Å². The second-order valence-corrected chi connectivity index (χ2v) is 5.78. The van der Waals surface area contributed by atoms with Crippen LogP contribution in [0.3, 0.4) is 0 Å². The molecule has 3 rings (SSSR count). The van der Waals surface area contributed by atoms with Crippen LogP contribution >= 0.6 is 0 Å². The summed E-state index contributed by atoms with van der Waals surface area (Å²) in [6.45, 7) is 3.92. The fraction of sp³-hybridized carbons (Fsp3) is 0.625. The van der Waals surface area contributed by atoms with Crippen LogP contribution in [0, 0.1) is 0 Å². The third-order valence-corrected chi connectivity index (χ3v) is 4.18. The molecule has 0 saturated carbocycles. The van der Waals surface area contributed by atoms with Crippen LogP contribution in [0.4, 0.5) is 0 Å². The summed E-state index contributed by atoms with van der Waals surface area (Å²) in [5.74, 6) is 0.781. The largest absolute Gasteiger partial charge is 0.490 e. The highest BCUT2D eigenvalue weighted by molar-refractivity contribution is 5.35. The maximum atomic E-state index is 9.81. The number of benzene rings is 1. The molecule has 3 atom stereocenters. The standard InChI is InChI=1S/C16H22O4/c1-12(17)14-4-2-3-5-15(14)20-13-6-8-19-16(10-13)7-9-18-11-16/h2-5,12-13,17H,6-11H2,1H3/t12-,13?,16?/m1/s1. The van der Waals surface area contributed by atoms with E-state index in [9.17, 15) is 5.11 Å². The molecule has 1 aromatic rings. The van der Waals surface area contributed by atoms with Gasteiger partial charge < -0.3 is 19.3 Å². The molecular formula is C16H22O4. The van der Waals surface area contributed by atoms with Crippen LogP contribution in [-0.2, 0) is 9.47 Å². The van der Waals surface area contributed by atoms with Gasteiger partial charge in [0.25, 0.3) is 0 Å². The molecule has 20 heavy (non-hydrogen) atoms. The third-order valence-electron chi connectivity index (χ3n) is 4.18. The first-order chi connectivity index (χ1) is 9.69. The van der Waals surface area contributed by atoms with Crippen molar-refractivity contribution in [1.82, 2.24) is 0 Å². The predicted molar refractivity (Wildman–Crippen MR) is 74.8 cm³/mol. The van der Waals surface area contributed by atoms with E-state index in [0.29, 0.717) is 13.2 Å². The minimum absolute atomic E-state index is 0.130. The van der Waals surface area contributed by atoms with Crippen LogP contribution in [0.15, 0.2) is 24.3 Å². The molecule has 0 aliphatic carbocycles. The highest BCUT2D eigenvalue weighted by Gasteiger charge is 2.41. The van der Waals surface area contributed by atoms with Gasteiger partial charge in [0.1, 0.15) is 11.9 Å². The molecule has 1 spiro atoms. The fourth-order valence-corrected chi connectivity index (χ4v) is 3.06. The normalized spacial score (nSPS) is 31.4. The first-order valence-corrected chi connectivity index (χ1v) is 7.34. The topological polar surface area (TPSA) is 47.9 Å². The van der Waals surface area contributed by atoms with E-state index in [1.54, 1.807) is 6.92 Å². The highest BCUT2D eigenvalue weighted by Crippen LogP contribution is 2.35. The number of hydrogen-bond acceptors (Lipinski definition) is 4. The Hall–Kier alpha value is -1.10. The van der Waals surface area contributed by atoms with E-state index in [1.165, 1.54) is 0 Å². The molecule has 1 N–H and O–H groups in total. The van der Waals surface area contributed by atoms with Gasteiger partial charge in [0.05, 0.1) is 24.9 Å². The lowest BCUT2D eigenvalue weighted by Crippen LogP contribution is -2.44. The zero-order valence-corrected chi connectivity index (χ0v) is 11.9. The van der Waals surface area contributed by atoms with Gasteiger partial charge in [-0.3, -0.25) is 0 Å². The van der Waals surface area contributed by atoms with Crippen molar-refractivity contribution in [2.24, 2.45) is 0 Å². The van der Waals surface area contributed by atoms with Crippen LogP contribution in [0.25, 0.3) is 0 Å². The van der Waals surface area contributed by atoms with E-state index in [-0.39, 0.29) is 11.7 Å². The second-order valence-electron chi connectivity index (χ2n) is 5.78. The van der Waals surface area contributed by atoms with Gasteiger partial charge in [0.2, 0.25) is 0 Å². The van der Waals surface area contributed by atoms with Gasteiger partial charge in [0, 0.05) is 31.4 Å². The molecule has 2 aliphatic heterocycles. The van der Waals surface area contributed by atoms with E-state index in [4.69, 9.17) is 14.2 Å². The van der Waals surface area contributed by atoms with Gasteiger partial charge in [0.15, 0.2) is 0 Å².